The van der Waals surface area contributed by atoms with Crippen LogP contribution in [0.1, 0.15) is 26.3 Å². The van der Waals surface area contributed by atoms with Gasteiger partial charge in [0.2, 0.25) is 5.91 Å². The molecule has 1 aliphatic heterocycles. The molecule has 0 fully saturated rings. The fraction of sp³-hybridized carbons (Fsp3) is 0.462. The lowest BCUT2D eigenvalue weighted by molar-refractivity contribution is -0.120. The van der Waals surface area contributed by atoms with Crippen LogP contribution in [0.4, 0.5) is 11.4 Å². The Morgan fingerprint density at radius 2 is 2.12 bits per heavy atom. The monoisotopic (exact) mass is 234 g/mol. The summed E-state index contributed by atoms with van der Waals surface area (Å²) in [7, 11) is 0. The number of nitrogens with zero attached hydrogens (tertiary/aromatic N) is 1. The Kier molecular flexibility index (Phi) is 2.83. The number of anilines is 2. The van der Waals surface area contributed by atoms with Gasteiger partial charge in [0.15, 0.2) is 0 Å². The molecular formula is C13H18N2O2. The smallest absolute Gasteiger partial charge is 0.249 e. The minimum absolute atomic E-state index is 0.0121. The standard InChI is InChI=1S/C13H18N2O2/c1-4-15-11-9(8-16)6-5-7-10(11)14-12(17)13(15,2)3/h5-7,16H,4,8H2,1-3H3,(H,14,17). The zero-order valence-corrected chi connectivity index (χ0v) is 10.4. The van der Waals surface area contributed by atoms with E-state index in [1.54, 1.807) is 0 Å². The highest BCUT2D eigenvalue weighted by molar-refractivity contribution is 6.06. The summed E-state index contributed by atoms with van der Waals surface area (Å²) in [5, 5.41) is 12.3. The van der Waals surface area contributed by atoms with Gasteiger partial charge in [-0.15, -0.1) is 0 Å². The Labute approximate surface area is 101 Å². The highest BCUT2D eigenvalue weighted by Gasteiger charge is 2.40. The van der Waals surface area contributed by atoms with Crippen molar-refractivity contribution in [3.8, 4) is 0 Å². The average Bonchev–Trinajstić information content (AvgIpc) is 2.30. The highest BCUT2D eigenvalue weighted by atomic mass is 16.3. The predicted molar refractivity (Wildman–Crippen MR) is 68.1 cm³/mol. The van der Waals surface area contributed by atoms with Crippen LogP contribution in [0.5, 0.6) is 0 Å². The molecule has 0 unspecified atom stereocenters. The molecule has 2 N–H and O–H groups in total. The maximum Gasteiger partial charge on any atom is 0.249 e. The Balaban J connectivity index is 2.63. The van der Waals surface area contributed by atoms with Crippen LogP contribution in [-0.4, -0.2) is 23.1 Å². The first-order chi connectivity index (χ1) is 8.02. The summed E-state index contributed by atoms with van der Waals surface area (Å²) in [4.78, 5) is 14.1. The van der Waals surface area contributed by atoms with Crippen LogP contribution in [0.3, 0.4) is 0 Å². The van der Waals surface area contributed by atoms with E-state index >= 15 is 0 Å². The fourth-order valence-corrected chi connectivity index (χ4v) is 2.37. The second-order valence-corrected chi connectivity index (χ2v) is 4.73. The molecule has 0 aliphatic carbocycles. The maximum absolute atomic E-state index is 12.0. The Morgan fingerprint density at radius 3 is 2.71 bits per heavy atom. The number of carbonyl (C=O) groups excluding carboxylic acids is 1. The molecule has 0 radical (unpaired) electrons. The zero-order chi connectivity index (χ0) is 12.6. The van der Waals surface area contributed by atoms with Crippen LogP contribution in [-0.2, 0) is 11.4 Å². The van der Waals surface area contributed by atoms with E-state index in [0.717, 1.165) is 23.5 Å². The number of aliphatic hydroxyl groups is 1. The number of hydrogen-bond donors (Lipinski definition) is 2. The molecule has 0 aromatic heterocycles. The molecule has 4 heteroatoms. The number of likely N-dealkylation sites (N-methyl/N-ethyl adjacent to an activating group) is 1. The van der Waals surface area contributed by atoms with E-state index in [2.05, 4.69) is 5.32 Å². The van der Waals surface area contributed by atoms with Crippen molar-refractivity contribution in [2.45, 2.75) is 32.9 Å². The second kappa shape index (κ2) is 4.04. The molecule has 1 aliphatic rings. The van der Waals surface area contributed by atoms with Crippen LogP contribution in [0.25, 0.3) is 0 Å². The van der Waals surface area contributed by atoms with E-state index in [1.807, 2.05) is 43.9 Å². The van der Waals surface area contributed by atoms with E-state index in [9.17, 15) is 9.90 Å². The minimum Gasteiger partial charge on any atom is -0.392 e. The third-order valence-corrected chi connectivity index (χ3v) is 3.35. The molecule has 1 amide bonds. The average molecular weight is 234 g/mol. The van der Waals surface area contributed by atoms with E-state index in [4.69, 9.17) is 0 Å². The van der Waals surface area contributed by atoms with Crippen molar-refractivity contribution >= 4 is 17.3 Å². The number of amides is 1. The molecule has 0 saturated heterocycles. The molecule has 92 valence electrons. The Bertz CT molecular complexity index is 455. The van der Waals surface area contributed by atoms with Crippen molar-refractivity contribution < 1.29 is 9.90 Å². The third kappa shape index (κ3) is 1.69. The number of hydrogen-bond acceptors (Lipinski definition) is 3. The van der Waals surface area contributed by atoms with Crippen LogP contribution < -0.4 is 10.2 Å². The number of fused-ring (bicyclic) bond motifs is 1. The normalized spacial score (nSPS) is 17.6. The molecular weight excluding hydrogens is 216 g/mol. The van der Waals surface area contributed by atoms with Gasteiger partial charge >= 0.3 is 0 Å². The Morgan fingerprint density at radius 1 is 1.41 bits per heavy atom. The molecule has 1 heterocycles. The van der Waals surface area contributed by atoms with Gasteiger partial charge < -0.3 is 15.3 Å². The third-order valence-electron chi connectivity index (χ3n) is 3.35. The van der Waals surface area contributed by atoms with Crippen molar-refractivity contribution in [3.63, 3.8) is 0 Å². The molecule has 0 atom stereocenters. The van der Waals surface area contributed by atoms with E-state index < -0.39 is 5.54 Å². The fourth-order valence-electron chi connectivity index (χ4n) is 2.37. The maximum atomic E-state index is 12.0. The number of nitrogens with one attached hydrogen (secondary N) is 1. The quantitative estimate of drug-likeness (QED) is 0.819. The topological polar surface area (TPSA) is 52.6 Å². The van der Waals surface area contributed by atoms with Gasteiger partial charge in [-0.25, -0.2) is 0 Å². The molecule has 0 spiro atoms. The first kappa shape index (κ1) is 11.9. The first-order valence-electron chi connectivity index (χ1n) is 5.84. The lowest BCUT2D eigenvalue weighted by Gasteiger charge is -2.44. The van der Waals surface area contributed by atoms with Gasteiger partial charge in [-0.3, -0.25) is 4.79 Å². The zero-order valence-electron chi connectivity index (χ0n) is 10.4. The van der Waals surface area contributed by atoms with E-state index in [1.165, 1.54) is 0 Å². The van der Waals surface area contributed by atoms with Gasteiger partial charge in [-0.1, -0.05) is 12.1 Å². The number of aliphatic hydroxyl groups excluding tert-OH is 1. The van der Waals surface area contributed by atoms with Crippen molar-refractivity contribution in [1.29, 1.82) is 0 Å². The van der Waals surface area contributed by atoms with Crippen molar-refractivity contribution in [3.05, 3.63) is 23.8 Å². The summed E-state index contributed by atoms with van der Waals surface area (Å²) in [5.41, 5.74) is 1.97. The van der Waals surface area contributed by atoms with Crippen molar-refractivity contribution in [2.75, 3.05) is 16.8 Å². The number of benzene rings is 1. The minimum atomic E-state index is -0.590. The van der Waals surface area contributed by atoms with Crippen LogP contribution in [0.15, 0.2) is 18.2 Å². The van der Waals surface area contributed by atoms with Gasteiger partial charge in [-0.05, 0) is 26.8 Å². The summed E-state index contributed by atoms with van der Waals surface area (Å²) in [5.74, 6) is -0.0121. The number of para-hydroxylation sites is 1. The molecule has 4 nitrogen and oxygen atoms in total. The summed E-state index contributed by atoms with van der Waals surface area (Å²) >= 11 is 0. The van der Waals surface area contributed by atoms with Gasteiger partial charge in [0, 0.05) is 12.1 Å². The lowest BCUT2D eigenvalue weighted by Crippen LogP contribution is -2.56. The largest absolute Gasteiger partial charge is 0.392 e. The van der Waals surface area contributed by atoms with Crippen molar-refractivity contribution in [1.82, 2.24) is 0 Å². The number of rotatable bonds is 2. The van der Waals surface area contributed by atoms with E-state index in [-0.39, 0.29) is 12.5 Å². The molecule has 17 heavy (non-hydrogen) atoms. The summed E-state index contributed by atoms with van der Waals surface area (Å²) in [6, 6.07) is 5.59. The SMILES string of the molecule is CCN1c2c(CO)cccc2NC(=O)C1(C)C. The number of carbonyl (C=O) groups is 1. The van der Waals surface area contributed by atoms with Gasteiger partial charge in [0.05, 0.1) is 18.0 Å². The summed E-state index contributed by atoms with van der Waals surface area (Å²) < 4.78 is 0. The van der Waals surface area contributed by atoms with Gasteiger partial charge in [0.25, 0.3) is 0 Å². The molecule has 1 aromatic carbocycles. The first-order valence-corrected chi connectivity index (χ1v) is 5.84. The van der Waals surface area contributed by atoms with Crippen molar-refractivity contribution in [2.24, 2.45) is 0 Å². The van der Waals surface area contributed by atoms with Crippen LogP contribution >= 0.6 is 0 Å². The van der Waals surface area contributed by atoms with E-state index in [0.29, 0.717) is 0 Å². The van der Waals surface area contributed by atoms with Gasteiger partial charge in [0.1, 0.15) is 5.54 Å². The van der Waals surface area contributed by atoms with Crippen LogP contribution in [0, 0.1) is 0 Å². The molecule has 1 aromatic rings. The highest BCUT2D eigenvalue weighted by Crippen LogP contribution is 2.39. The predicted octanol–water partition coefficient (Wildman–Crippen LogP) is 1.74. The lowest BCUT2D eigenvalue weighted by atomic mass is 9.94. The second-order valence-electron chi connectivity index (χ2n) is 4.73. The molecule has 0 saturated carbocycles. The molecule has 2 rings (SSSR count). The summed E-state index contributed by atoms with van der Waals surface area (Å²) in [6.45, 7) is 6.50. The van der Waals surface area contributed by atoms with Crippen LogP contribution in [0.2, 0.25) is 0 Å². The Hall–Kier alpha value is -1.55. The summed E-state index contributed by atoms with van der Waals surface area (Å²) in [6.07, 6.45) is 0. The van der Waals surface area contributed by atoms with Gasteiger partial charge in [-0.2, -0.15) is 0 Å². The molecule has 0 bridgehead atoms.